The van der Waals surface area contributed by atoms with Crippen LogP contribution in [-0.2, 0) is 0 Å². The number of fused-ring (bicyclic) bond motifs is 1. The summed E-state index contributed by atoms with van der Waals surface area (Å²) in [6.45, 7) is 4.82. The fourth-order valence-corrected chi connectivity index (χ4v) is 4.23. The smallest absolute Gasteiger partial charge is 0.281 e. The number of ether oxygens (including phenoxy) is 1. The van der Waals surface area contributed by atoms with E-state index in [9.17, 15) is 9.59 Å². The molecule has 3 N–H and O–H groups in total. The van der Waals surface area contributed by atoms with Gasteiger partial charge in [-0.05, 0) is 48.8 Å². The number of hydrogen-bond acceptors (Lipinski definition) is 5. The van der Waals surface area contributed by atoms with Gasteiger partial charge in [0.2, 0.25) is 0 Å². The van der Waals surface area contributed by atoms with Gasteiger partial charge in [-0.2, -0.15) is 0 Å². The van der Waals surface area contributed by atoms with Crippen LogP contribution < -0.4 is 20.9 Å². The average Bonchev–Trinajstić information content (AvgIpc) is 3.09. The summed E-state index contributed by atoms with van der Waals surface area (Å²) < 4.78 is 6.59. The van der Waals surface area contributed by atoms with Crippen LogP contribution in [0.5, 0.6) is 5.75 Å². The molecule has 1 aromatic heterocycles. The molecule has 0 saturated carbocycles. The van der Waals surface area contributed by atoms with Gasteiger partial charge in [-0.15, -0.1) is 11.3 Å². The van der Waals surface area contributed by atoms with E-state index in [0.717, 1.165) is 16.5 Å². The lowest BCUT2D eigenvalue weighted by Gasteiger charge is -2.12. The van der Waals surface area contributed by atoms with Crippen LogP contribution in [-0.4, -0.2) is 23.5 Å². The first-order valence-corrected chi connectivity index (χ1v) is 11.3. The largest absolute Gasteiger partial charge is 0.494 e. The number of carbonyl (C=O) groups excluding carboxylic acids is 2. The van der Waals surface area contributed by atoms with Crippen molar-refractivity contribution in [1.29, 1.82) is 0 Å². The van der Waals surface area contributed by atoms with Crippen molar-refractivity contribution in [3.8, 4) is 5.75 Å². The molecule has 6 nitrogen and oxygen atoms in total. The fraction of sp³-hybridized carbons (Fsp3) is 0.227. The Balaban J connectivity index is 1.54. The Labute approximate surface area is 194 Å². The van der Waals surface area contributed by atoms with Gasteiger partial charge >= 0.3 is 0 Å². The summed E-state index contributed by atoms with van der Waals surface area (Å²) in [6.07, 6.45) is 0.925. The molecule has 0 fully saturated rings. The molecular weight excluding hydrogens is 454 g/mol. The zero-order valence-corrected chi connectivity index (χ0v) is 19.4. The fourth-order valence-electron chi connectivity index (χ4n) is 2.68. The van der Waals surface area contributed by atoms with E-state index in [1.54, 1.807) is 24.3 Å². The molecule has 0 saturated heterocycles. The van der Waals surface area contributed by atoms with Crippen LogP contribution in [0.15, 0.2) is 48.5 Å². The zero-order chi connectivity index (χ0) is 22.4. The number of carbonyl (C=O) groups is 2. The summed E-state index contributed by atoms with van der Waals surface area (Å²) in [6, 6.07) is 14.3. The van der Waals surface area contributed by atoms with Gasteiger partial charge in [0.25, 0.3) is 11.8 Å². The molecule has 0 spiro atoms. The second kappa shape index (κ2) is 10.6. The van der Waals surface area contributed by atoms with E-state index in [2.05, 4.69) is 30.0 Å². The number of thiophene rings is 1. The molecule has 0 atom stereocenters. The number of hydrazine groups is 1. The molecule has 9 heteroatoms. The molecule has 3 aromatic rings. The van der Waals surface area contributed by atoms with E-state index in [-0.39, 0.29) is 5.11 Å². The first-order chi connectivity index (χ1) is 14.8. The third-order valence-corrected chi connectivity index (χ3v) is 6.20. The molecule has 0 aliphatic heterocycles. The molecule has 162 valence electrons. The second-order valence-electron chi connectivity index (χ2n) is 7.16. The number of halogens is 1. The average molecular weight is 476 g/mol. The predicted octanol–water partition coefficient (Wildman–Crippen LogP) is 4.93. The van der Waals surface area contributed by atoms with Crippen molar-refractivity contribution in [2.24, 2.45) is 5.92 Å². The van der Waals surface area contributed by atoms with Gasteiger partial charge in [0.1, 0.15) is 10.6 Å². The van der Waals surface area contributed by atoms with Gasteiger partial charge in [0.15, 0.2) is 5.11 Å². The summed E-state index contributed by atoms with van der Waals surface area (Å²) in [5.74, 6) is 0.289. The van der Waals surface area contributed by atoms with Crippen LogP contribution in [0.4, 0.5) is 0 Å². The molecule has 2 aromatic carbocycles. The highest BCUT2D eigenvalue weighted by Gasteiger charge is 2.17. The van der Waals surface area contributed by atoms with Crippen LogP contribution in [0.2, 0.25) is 5.02 Å². The number of hydrogen-bond donors (Lipinski definition) is 3. The summed E-state index contributed by atoms with van der Waals surface area (Å²) in [4.78, 5) is 25.3. The SMILES string of the molecule is CC(C)CCOc1cccc(C(=O)NC(=S)NNC(=O)c2sc3ccccc3c2Cl)c1. The Morgan fingerprint density at radius 2 is 1.87 bits per heavy atom. The molecule has 0 aliphatic rings. The second-order valence-corrected chi connectivity index (χ2v) is 9.00. The maximum absolute atomic E-state index is 12.5. The lowest BCUT2D eigenvalue weighted by molar-refractivity contribution is 0.0938. The van der Waals surface area contributed by atoms with Crippen molar-refractivity contribution in [3.05, 3.63) is 64.0 Å². The number of rotatable bonds is 6. The summed E-state index contributed by atoms with van der Waals surface area (Å²) in [5.41, 5.74) is 5.39. The van der Waals surface area contributed by atoms with Gasteiger partial charge in [-0.1, -0.05) is 49.7 Å². The van der Waals surface area contributed by atoms with Gasteiger partial charge in [0.05, 0.1) is 11.6 Å². The van der Waals surface area contributed by atoms with Crippen LogP contribution in [0.1, 0.15) is 40.3 Å². The lowest BCUT2D eigenvalue weighted by Crippen LogP contribution is -2.48. The number of thiocarbonyl (C=S) groups is 1. The number of amides is 2. The zero-order valence-electron chi connectivity index (χ0n) is 17.0. The maximum Gasteiger partial charge on any atom is 0.281 e. The van der Waals surface area contributed by atoms with Gasteiger partial charge in [-0.3, -0.25) is 25.8 Å². The normalized spacial score (nSPS) is 10.7. The number of nitrogens with one attached hydrogen (secondary N) is 3. The third-order valence-electron chi connectivity index (χ3n) is 4.32. The van der Waals surface area contributed by atoms with Crippen molar-refractivity contribution in [2.45, 2.75) is 20.3 Å². The molecule has 0 bridgehead atoms. The number of benzene rings is 2. The van der Waals surface area contributed by atoms with Crippen molar-refractivity contribution in [1.82, 2.24) is 16.2 Å². The third kappa shape index (κ3) is 6.16. The molecule has 2 amide bonds. The quantitative estimate of drug-likeness (QED) is 0.348. The first kappa shape index (κ1) is 23.0. The van der Waals surface area contributed by atoms with E-state index < -0.39 is 11.8 Å². The van der Waals surface area contributed by atoms with E-state index in [4.69, 9.17) is 28.6 Å². The van der Waals surface area contributed by atoms with Crippen LogP contribution in [0, 0.1) is 5.92 Å². The van der Waals surface area contributed by atoms with Crippen molar-refractivity contribution >= 4 is 62.2 Å². The molecule has 0 radical (unpaired) electrons. The molecule has 31 heavy (non-hydrogen) atoms. The standard InChI is InChI=1S/C22H22ClN3O3S2/c1-13(2)10-11-29-15-7-5-6-14(12-15)20(27)24-22(30)26-25-21(28)19-18(23)16-8-3-4-9-17(16)31-19/h3-9,12-13H,10-11H2,1-2H3,(H,25,28)(H2,24,26,27,30). The van der Waals surface area contributed by atoms with Crippen molar-refractivity contribution in [3.63, 3.8) is 0 Å². The van der Waals surface area contributed by atoms with E-state index in [0.29, 0.717) is 33.7 Å². The topological polar surface area (TPSA) is 79.5 Å². The van der Waals surface area contributed by atoms with Crippen molar-refractivity contribution in [2.75, 3.05) is 6.61 Å². The molecule has 3 rings (SSSR count). The predicted molar refractivity (Wildman–Crippen MR) is 129 cm³/mol. The highest BCUT2D eigenvalue weighted by Crippen LogP contribution is 2.34. The monoisotopic (exact) mass is 475 g/mol. The molecular formula is C22H22ClN3O3S2. The maximum atomic E-state index is 12.5. The van der Waals surface area contributed by atoms with Gasteiger partial charge < -0.3 is 4.74 Å². The van der Waals surface area contributed by atoms with Gasteiger partial charge in [-0.25, -0.2) is 0 Å². The Morgan fingerprint density at radius 3 is 2.61 bits per heavy atom. The summed E-state index contributed by atoms with van der Waals surface area (Å²) >= 11 is 12.7. The van der Waals surface area contributed by atoms with Gasteiger partial charge in [0, 0.05) is 15.6 Å². The Morgan fingerprint density at radius 1 is 1.10 bits per heavy atom. The minimum Gasteiger partial charge on any atom is -0.494 e. The first-order valence-electron chi connectivity index (χ1n) is 9.66. The van der Waals surface area contributed by atoms with E-state index in [1.165, 1.54) is 11.3 Å². The van der Waals surface area contributed by atoms with Crippen molar-refractivity contribution < 1.29 is 14.3 Å². The summed E-state index contributed by atoms with van der Waals surface area (Å²) in [7, 11) is 0. The van der Waals surface area contributed by atoms with E-state index >= 15 is 0 Å². The Bertz CT molecular complexity index is 1110. The highest BCUT2D eigenvalue weighted by molar-refractivity contribution is 7.80. The highest BCUT2D eigenvalue weighted by atomic mass is 35.5. The Kier molecular flexibility index (Phi) is 7.84. The molecule has 1 heterocycles. The Hall–Kier alpha value is -2.68. The minimum atomic E-state index is -0.441. The van der Waals surface area contributed by atoms with Crippen LogP contribution >= 0.6 is 35.2 Å². The molecule has 0 unspecified atom stereocenters. The van der Waals surface area contributed by atoms with Crippen LogP contribution in [0.25, 0.3) is 10.1 Å². The minimum absolute atomic E-state index is 0.0401. The lowest BCUT2D eigenvalue weighted by atomic mass is 10.1. The summed E-state index contributed by atoms with van der Waals surface area (Å²) in [5, 5.41) is 3.68. The molecule has 0 aliphatic carbocycles. The van der Waals surface area contributed by atoms with Crippen LogP contribution in [0.3, 0.4) is 0 Å². The van der Waals surface area contributed by atoms with E-state index in [1.807, 2.05) is 24.3 Å².